The lowest BCUT2D eigenvalue weighted by molar-refractivity contribution is -0.116. The van der Waals surface area contributed by atoms with E-state index in [1.165, 1.54) is 6.08 Å². The molecule has 0 fully saturated rings. The molecule has 0 aromatic heterocycles. The van der Waals surface area contributed by atoms with Gasteiger partial charge in [0.2, 0.25) is 5.91 Å². The Morgan fingerprint density at radius 1 is 0.828 bits per heavy atom. The highest BCUT2D eigenvalue weighted by molar-refractivity contribution is 5.94. The maximum absolute atomic E-state index is 12.3. The second-order valence-electron chi connectivity index (χ2n) is 6.65. The van der Waals surface area contributed by atoms with Crippen LogP contribution in [-0.2, 0) is 4.79 Å². The summed E-state index contributed by atoms with van der Waals surface area (Å²) in [6.07, 6.45) is 3.25. The van der Waals surface area contributed by atoms with Crippen LogP contribution in [0, 0.1) is 0 Å². The van der Waals surface area contributed by atoms with Gasteiger partial charge in [0, 0.05) is 31.1 Å². The third-order valence-electron chi connectivity index (χ3n) is 4.71. The van der Waals surface area contributed by atoms with Crippen LogP contribution in [-0.4, -0.2) is 25.4 Å². The largest absolute Gasteiger partial charge is 0.355 e. The zero-order chi connectivity index (χ0) is 20.5. The van der Waals surface area contributed by atoms with Crippen LogP contribution in [0.15, 0.2) is 91.0 Å². The fraction of sp³-hybridized carbons (Fsp3) is 0.120. The first kappa shape index (κ1) is 20.1. The van der Waals surface area contributed by atoms with Crippen LogP contribution in [0.1, 0.15) is 33.0 Å². The monoisotopic (exact) mass is 384 g/mol. The van der Waals surface area contributed by atoms with Gasteiger partial charge >= 0.3 is 0 Å². The number of hydrogen-bond donors (Lipinski definition) is 2. The molecule has 0 aliphatic carbocycles. The Balaban J connectivity index is 1.64. The molecule has 0 aliphatic heterocycles. The lowest BCUT2D eigenvalue weighted by Crippen LogP contribution is -2.27. The SMILES string of the molecule is CNC(=O)c1ccc(/C=C/C(=O)NCC(c2ccccc2)c2ccccc2)cc1. The second-order valence-corrected chi connectivity index (χ2v) is 6.65. The van der Waals surface area contributed by atoms with Crippen molar-refractivity contribution in [3.8, 4) is 0 Å². The van der Waals surface area contributed by atoms with Gasteiger partial charge in [-0.2, -0.15) is 0 Å². The Labute approximate surface area is 171 Å². The zero-order valence-corrected chi connectivity index (χ0v) is 16.3. The van der Waals surface area contributed by atoms with Crippen molar-refractivity contribution in [1.82, 2.24) is 10.6 Å². The molecule has 0 atom stereocenters. The topological polar surface area (TPSA) is 58.2 Å². The first-order valence-electron chi connectivity index (χ1n) is 9.55. The minimum atomic E-state index is -0.155. The molecule has 29 heavy (non-hydrogen) atoms. The van der Waals surface area contributed by atoms with Crippen LogP contribution in [0.5, 0.6) is 0 Å². The van der Waals surface area contributed by atoms with E-state index in [1.807, 2.05) is 48.5 Å². The summed E-state index contributed by atoms with van der Waals surface area (Å²) in [5, 5.41) is 5.58. The Bertz CT molecular complexity index is 925. The Morgan fingerprint density at radius 3 is 1.90 bits per heavy atom. The van der Waals surface area contributed by atoms with Crippen molar-refractivity contribution >= 4 is 17.9 Å². The van der Waals surface area contributed by atoms with Gasteiger partial charge in [0.25, 0.3) is 5.91 Å². The van der Waals surface area contributed by atoms with Gasteiger partial charge < -0.3 is 10.6 Å². The molecule has 2 amide bonds. The molecule has 0 saturated heterocycles. The van der Waals surface area contributed by atoms with Crippen molar-refractivity contribution in [3.05, 3.63) is 113 Å². The smallest absolute Gasteiger partial charge is 0.251 e. The molecule has 146 valence electrons. The van der Waals surface area contributed by atoms with Crippen molar-refractivity contribution in [1.29, 1.82) is 0 Å². The zero-order valence-electron chi connectivity index (χ0n) is 16.3. The lowest BCUT2D eigenvalue weighted by atomic mass is 9.91. The first-order chi connectivity index (χ1) is 14.2. The maximum atomic E-state index is 12.3. The normalized spacial score (nSPS) is 10.8. The quantitative estimate of drug-likeness (QED) is 0.605. The fourth-order valence-corrected chi connectivity index (χ4v) is 3.12. The molecule has 0 bridgehead atoms. The standard InChI is InChI=1S/C25H24N2O2/c1-26-25(29)22-15-12-19(13-16-22)14-17-24(28)27-18-23(20-8-4-2-5-9-20)21-10-6-3-7-11-21/h2-17,23H,18H2,1H3,(H,26,29)(H,27,28)/b17-14+. The number of amides is 2. The van der Waals surface area contributed by atoms with E-state index in [1.54, 1.807) is 25.3 Å². The molecule has 4 nitrogen and oxygen atoms in total. The number of rotatable bonds is 7. The molecular weight excluding hydrogens is 360 g/mol. The third-order valence-corrected chi connectivity index (χ3v) is 4.71. The number of nitrogens with one attached hydrogen (secondary N) is 2. The predicted octanol–water partition coefficient (Wildman–Crippen LogP) is 4.01. The highest BCUT2D eigenvalue weighted by Gasteiger charge is 2.14. The summed E-state index contributed by atoms with van der Waals surface area (Å²) in [6.45, 7) is 0.507. The highest BCUT2D eigenvalue weighted by atomic mass is 16.2. The maximum Gasteiger partial charge on any atom is 0.251 e. The average molecular weight is 384 g/mol. The molecule has 0 spiro atoms. The van der Waals surface area contributed by atoms with E-state index < -0.39 is 0 Å². The molecule has 3 aromatic rings. The van der Waals surface area contributed by atoms with E-state index in [-0.39, 0.29) is 17.7 Å². The van der Waals surface area contributed by atoms with E-state index in [2.05, 4.69) is 34.9 Å². The van der Waals surface area contributed by atoms with Crippen molar-refractivity contribution in [2.75, 3.05) is 13.6 Å². The van der Waals surface area contributed by atoms with Crippen LogP contribution in [0.4, 0.5) is 0 Å². The Hall–Kier alpha value is -3.66. The summed E-state index contributed by atoms with van der Waals surface area (Å²) in [6, 6.07) is 27.4. The third kappa shape index (κ3) is 5.66. The van der Waals surface area contributed by atoms with Crippen molar-refractivity contribution in [2.45, 2.75) is 5.92 Å². The van der Waals surface area contributed by atoms with Gasteiger partial charge in [-0.25, -0.2) is 0 Å². The minimum absolute atomic E-state index is 0.0848. The van der Waals surface area contributed by atoms with Gasteiger partial charge in [0.05, 0.1) is 0 Å². The number of benzene rings is 3. The van der Waals surface area contributed by atoms with Crippen molar-refractivity contribution in [2.24, 2.45) is 0 Å². The van der Waals surface area contributed by atoms with Gasteiger partial charge in [0.15, 0.2) is 0 Å². The predicted molar refractivity (Wildman–Crippen MR) is 117 cm³/mol. The first-order valence-corrected chi connectivity index (χ1v) is 9.55. The Kier molecular flexibility index (Phi) is 6.95. The number of carbonyl (C=O) groups excluding carboxylic acids is 2. The van der Waals surface area contributed by atoms with Gasteiger partial charge in [-0.15, -0.1) is 0 Å². The van der Waals surface area contributed by atoms with Crippen molar-refractivity contribution < 1.29 is 9.59 Å². The van der Waals surface area contributed by atoms with E-state index in [0.717, 1.165) is 16.7 Å². The van der Waals surface area contributed by atoms with Crippen LogP contribution in [0.3, 0.4) is 0 Å². The summed E-state index contributed by atoms with van der Waals surface area (Å²) in [5.41, 5.74) is 3.76. The van der Waals surface area contributed by atoms with E-state index in [0.29, 0.717) is 12.1 Å². The molecule has 0 saturated carbocycles. The number of carbonyl (C=O) groups is 2. The van der Waals surface area contributed by atoms with Crippen LogP contribution < -0.4 is 10.6 Å². The molecule has 2 N–H and O–H groups in total. The molecule has 3 rings (SSSR count). The van der Waals surface area contributed by atoms with Crippen LogP contribution in [0.2, 0.25) is 0 Å². The van der Waals surface area contributed by atoms with Gasteiger partial charge in [-0.3, -0.25) is 9.59 Å². The van der Waals surface area contributed by atoms with E-state index in [4.69, 9.17) is 0 Å². The highest BCUT2D eigenvalue weighted by Crippen LogP contribution is 2.23. The van der Waals surface area contributed by atoms with E-state index in [9.17, 15) is 9.59 Å². The molecule has 0 unspecified atom stereocenters. The van der Waals surface area contributed by atoms with Gasteiger partial charge in [-0.05, 0) is 34.9 Å². The van der Waals surface area contributed by atoms with Gasteiger partial charge in [0.1, 0.15) is 0 Å². The summed E-state index contributed by atoms with van der Waals surface area (Å²) < 4.78 is 0. The summed E-state index contributed by atoms with van der Waals surface area (Å²) >= 11 is 0. The molecule has 3 aromatic carbocycles. The molecule has 4 heteroatoms. The van der Waals surface area contributed by atoms with Crippen LogP contribution >= 0.6 is 0 Å². The Morgan fingerprint density at radius 2 is 1.38 bits per heavy atom. The molecule has 0 radical (unpaired) electrons. The second kappa shape index (κ2) is 10.0. The summed E-state index contributed by atoms with van der Waals surface area (Å²) in [4.78, 5) is 23.9. The van der Waals surface area contributed by atoms with Gasteiger partial charge in [-0.1, -0.05) is 72.8 Å². The fourth-order valence-electron chi connectivity index (χ4n) is 3.12. The summed E-state index contributed by atoms with van der Waals surface area (Å²) in [5.74, 6) is -0.204. The lowest BCUT2D eigenvalue weighted by Gasteiger charge is -2.18. The number of hydrogen-bond acceptors (Lipinski definition) is 2. The summed E-state index contributed by atoms with van der Waals surface area (Å²) in [7, 11) is 1.60. The van der Waals surface area contributed by atoms with E-state index >= 15 is 0 Å². The minimum Gasteiger partial charge on any atom is -0.355 e. The average Bonchev–Trinajstić information content (AvgIpc) is 2.79. The molecule has 0 aliphatic rings. The molecule has 0 heterocycles. The van der Waals surface area contributed by atoms with Crippen LogP contribution in [0.25, 0.3) is 6.08 Å². The van der Waals surface area contributed by atoms with Crippen molar-refractivity contribution in [3.63, 3.8) is 0 Å². The molecular formula is C25H24N2O2.